The minimum absolute atomic E-state index is 0.245. The van der Waals surface area contributed by atoms with Gasteiger partial charge < -0.3 is 20.1 Å². The third-order valence-electron chi connectivity index (χ3n) is 2.68. The van der Waals surface area contributed by atoms with E-state index in [1.165, 1.54) is 0 Å². The number of amides is 2. The van der Waals surface area contributed by atoms with E-state index in [0.717, 1.165) is 4.47 Å². The molecule has 0 spiro atoms. The molecule has 0 aromatic heterocycles. The topological polar surface area (TPSA) is 76.7 Å². The number of urea groups is 1. The molecule has 0 heterocycles. The molecular weight excluding hydrogens is 364 g/mol. The molecule has 2 aromatic carbocycles. The zero-order valence-electron chi connectivity index (χ0n) is 12.3. The van der Waals surface area contributed by atoms with Gasteiger partial charge >= 0.3 is 12.2 Å². The Hall–Kier alpha value is -2.54. The highest BCUT2D eigenvalue weighted by Crippen LogP contribution is 2.17. The Morgan fingerprint density at radius 3 is 2.00 bits per heavy atom. The molecule has 0 aliphatic heterocycles. The van der Waals surface area contributed by atoms with Gasteiger partial charge in [-0.05, 0) is 55.5 Å². The van der Waals surface area contributed by atoms with E-state index in [1.54, 1.807) is 43.3 Å². The van der Waals surface area contributed by atoms with Crippen molar-refractivity contribution in [2.45, 2.75) is 6.92 Å². The van der Waals surface area contributed by atoms with Gasteiger partial charge in [0, 0.05) is 15.8 Å². The number of hydrogen-bond acceptors (Lipinski definition) is 4. The van der Waals surface area contributed by atoms with Crippen molar-refractivity contribution < 1.29 is 19.1 Å². The first-order valence-corrected chi connectivity index (χ1v) is 7.64. The lowest BCUT2D eigenvalue weighted by Gasteiger charge is -2.08. The van der Waals surface area contributed by atoms with E-state index in [4.69, 9.17) is 4.74 Å². The van der Waals surface area contributed by atoms with Crippen molar-refractivity contribution in [1.29, 1.82) is 0 Å². The molecule has 6 nitrogen and oxygen atoms in total. The van der Waals surface area contributed by atoms with E-state index in [0.29, 0.717) is 17.1 Å². The summed E-state index contributed by atoms with van der Waals surface area (Å²) in [7, 11) is 0. The number of hydrogen-bond donors (Lipinski definition) is 2. The van der Waals surface area contributed by atoms with E-state index < -0.39 is 6.16 Å². The normalized spacial score (nSPS) is 9.83. The van der Waals surface area contributed by atoms with Crippen LogP contribution in [0.25, 0.3) is 0 Å². The highest BCUT2D eigenvalue weighted by atomic mass is 79.9. The van der Waals surface area contributed by atoms with Crippen LogP contribution in [0.4, 0.5) is 21.0 Å². The zero-order chi connectivity index (χ0) is 16.7. The zero-order valence-corrected chi connectivity index (χ0v) is 13.9. The molecule has 0 saturated carbocycles. The summed E-state index contributed by atoms with van der Waals surface area (Å²) in [5.74, 6) is 0.335. The Balaban J connectivity index is 1.88. The van der Waals surface area contributed by atoms with E-state index in [2.05, 4.69) is 31.3 Å². The molecule has 2 rings (SSSR count). The second-order valence-electron chi connectivity index (χ2n) is 4.40. The van der Waals surface area contributed by atoms with Gasteiger partial charge in [-0.1, -0.05) is 15.9 Å². The van der Waals surface area contributed by atoms with Crippen molar-refractivity contribution in [1.82, 2.24) is 0 Å². The Morgan fingerprint density at radius 2 is 1.48 bits per heavy atom. The predicted molar refractivity (Wildman–Crippen MR) is 90.9 cm³/mol. The molecule has 0 radical (unpaired) electrons. The first-order valence-electron chi connectivity index (χ1n) is 6.85. The summed E-state index contributed by atoms with van der Waals surface area (Å²) in [5, 5.41) is 5.38. The lowest BCUT2D eigenvalue weighted by molar-refractivity contribution is 0.104. The number of ether oxygens (including phenoxy) is 2. The minimum atomic E-state index is -0.763. The summed E-state index contributed by atoms with van der Waals surface area (Å²) in [4.78, 5) is 23.1. The lowest BCUT2D eigenvalue weighted by atomic mass is 10.3. The van der Waals surface area contributed by atoms with Crippen LogP contribution in [0.2, 0.25) is 0 Å². The third kappa shape index (κ3) is 5.63. The number of halogens is 1. The fourth-order valence-electron chi connectivity index (χ4n) is 1.68. The monoisotopic (exact) mass is 378 g/mol. The van der Waals surface area contributed by atoms with Crippen LogP contribution in [-0.4, -0.2) is 18.8 Å². The van der Waals surface area contributed by atoms with Crippen LogP contribution in [0.15, 0.2) is 53.0 Å². The highest BCUT2D eigenvalue weighted by molar-refractivity contribution is 9.10. The minimum Gasteiger partial charge on any atom is -0.434 e. The molecule has 0 aliphatic carbocycles. The molecule has 2 aromatic rings. The Labute approximate surface area is 141 Å². The molecule has 2 amide bonds. The van der Waals surface area contributed by atoms with E-state index >= 15 is 0 Å². The van der Waals surface area contributed by atoms with E-state index in [1.807, 2.05) is 12.1 Å². The molecule has 0 aliphatic rings. The largest absolute Gasteiger partial charge is 0.513 e. The standard InChI is InChI=1S/C16H15BrN2O4/c1-2-22-16(21)23-14-9-7-13(8-10-14)19-15(20)18-12-5-3-11(17)4-6-12/h3-10H,2H2,1H3,(H2,18,19,20). The molecule has 2 N–H and O–H groups in total. The lowest BCUT2D eigenvalue weighted by Crippen LogP contribution is -2.19. The van der Waals surface area contributed by atoms with Crippen LogP contribution < -0.4 is 15.4 Å². The molecule has 0 fully saturated rings. The highest BCUT2D eigenvalue weighted by Gasteiger charge is 2.06. The number of anilines is 2. The summed E-state index contributed by atoms with van der Waals surface area (Å²) in [6.45, 7) is 1.94. The van der Waals surface area contributed by atoms with Gasteiger partial charge in [0.05, 0.1) is 6.61 Å². The SMILES string of the molecule is CCOC(=O)Oc1ccc(NC(=O)Nc2ccc(Br)cc2)cc1. The molecule has 23 heavy (non-hydrogen) atoms. The summed E-state index contributed by atoms with van der Waals surface area (Å²) < 4.78 is 10.5. The van der Waals surface area contributed by atoms with Gasteiger partial charge in [0.15, 0.2) is 0 Å². The van der Waals surface area contributed by atoms with Crippen molar-refractivity contribution >= 4 is 39.5 Å². The second-order valence-corrected chi connectivity index (χ2v) is 5.31. The van der Waals surface area contributed by atoms with Crippen molar-refractivity contribution in [3.63, 3.8) is 0 Å². The number of carbonyl (C=O) groups excluding carboxylic acids is 2. The number of carbonyl (C=O) groups is 2. The van der Waals surface area contributed by atoms with E-state index in [9.17, 15) is 9.59 Å². The Kier molecular flexibility index (Phi) is 5.99. The van der Waals surface area contributed by atoms with E-state index in [-0.39, 0.29) is 12.6 Å². The first kappa shape index (κ1) is 16.8. The van der Waals surface area contributed by atoms with Crippen LogP contribution in [0, 0.1) is 0 Å². The maximum absolute atomic E-state index is 11.9. The van der Waals surface area contributed by atoms with Gasteiger partial charge in [0.1, 0.15) is 5.75 Å². The van der Waals surface area contributed by atoms with Gasteiger partial charge in [0.2, 0.25) is 0 Å². The number of rotatable bonds is 4. The van der Waals surface area contributed by atoms with Gasteiger partial charge in [0.25, 0.3) is 0 Å². The van der Waals surface area contributed by atoms with Gasteiger partial charge in [-0.3, -0.25) is 0 Å². The molecule has 0 atom stereocenters. The summed E-state index contributed by atoms with van der Waals surface area (Å²) in [6.07, 6.45) is -0.763. The number of benzene rings is 2. The van der Waals surface area contributed by atoms with Crippen LogP contribution in [0.5, 0.6) is 5.75 Å². The van der Waals surface area contributed by atoms with Crippen molar-refractivity contribution in [3.05, 3.63) is 53.0 Å². The number of nitrogens with one attached hydrogen (secondary N) is 2. The summed E-state index contributed by atoms with van der Waals surface area (Å²) in [5.41, 5.74) is 1.24. The fourth-order valence-corrected chi connectivity index (χ4v) is 1.94. The average Bonchev–Trinajstić information content (AvgIpc) is 2.52. The maximum Gasteiger partial charge on any atom is 0.513 e. The van der Waals surface area contributed by atoms with Crippen molar-refractivity contribution in [2.24, 2.45) is 0 Å². The van der Waals surface area contributed by atoms with Crippen LogP contribution >= 0.6 is 15.9 Å². The maximum atomic E-state index is 11.9. The summed E-state index contributed by atoms with van der Waals surface area (Å²) >= 11 is 3.33. The molecular formula is C16H15BrN2O4. The van der Waals surface area contributed by atoms with Gasteiger partial charge in [-0.25, -0.2) is 9.59 Å². The molecule has 0 saturated heterocycles. The van der Waals surface area contributed by atoms with Crippen molar-refractivity contribution in [2.75, 3.05) is 17.2 Å². The Bertz CT molecular complexity index is 671. The second kappa shape index (κ2) is 8.19. The molecule has 0 bridgehead atoms. The average molecular weight is 379 g/mol. The molecule has 7 heteroatoms. The quantitative estimate of drug-likeness (QED) is 0.600. The molecule has 0 unspecified atom stereocenters. The fraction of sp³-hybridized carbons (Fsp3) is 0.125. The van der Waals surface area contributed by atoms with Crippen LogP contribution in [0.1, 0.15) is 6.92 Å². The smallest absolute Gasteiger partial charge is 0.434 e. The summed E-state index contributed by atoms with van der Waals surface area (Å²) in [6, 6.07) is 13.2. The van der Waals surface area contributed by atoms with Crippen molar-refractivity contribution in [3.8, 4) is 5.75 Å². The van der Waals surface area contributed by atoms with Crippen LogP contribution in [-0.2, 0) is 4.74 Å². The Morgan fingerprint density at radius 1 is 0.957 bits per heavy atom. The van der Waals surface area contributed by atoms with Gasteiger partial charge in [-0.15, -0.1) is 0 Å². The van der Waals surface area contributed by atoms with Gasteiger partial charge in [-0.2, -0.15) is 0 Å². The third-order valence-corrected chi connectivity index (χ3v) is 3.21. The predicted octanol–water partition coefficient (Wildman–Crippen LogP) is 4.63. The van der Waals surface area contributed by atoms with Crippen LogP contribution in [0.3, 0.4) is 0 Å². The first-order chi connectivity index (χ1) is 11.1. The molecule has 120 valence electrons.